The minimum absolute atomic E-state index is 0.0705. The topological polar surface area (TPSA) is 83.4 Å². The number of hydrogen-bond acceptors (Lipinski definition) is 6. The van der Waals surface area contributed by atoms with E-state index in [0.29, 0.717) is 24.5 Å². The van der Waals surface area contributed by atoms with Gasteiger partial charge in [-0.15, -0.1) is 0 Å². The average molecular weight is 283 g/mol. The molecule has 6 nitrogen and oxygen atoms in total. The van der Waals surface area contributed by atoms with Gasteiger partial charge in [0.1, 0.15) is 13.2 Å². The Morgan fingerprint density at radius 3 is 2.75 bits per heavy atom. The third kappa shape index (κ3) is 2.18. The van der Waals surface area contributed by atoms with Crippen LogP contribution in [0.2, 0.25) is 0 Å². The van der Waals surface area contributed by atoms with Gasteiger partial charge in [-0.2, -0.15) is 4.98 Å². The molecule has 106 valence electrons. The van der Waals surface area contributed by atoms with Gasteiger partial charge >= 0.3 is 0 Å². The molecule has 0 bridgehead atoms. The number of alkyl halides is 2. The normalized spacial score (nSPS) is 13.8. The summed E-state index contributed by atoms with van der Waals surface area (Å²) in [7, 11) is 0. The molecule has 2 heterocycles. The highest BCUT2D eigenvalue weighted by atomic mass is 19.3. The third-order valence-corrected chi connectivity index (χ3v) is 2.80. The number of nitrogens with two attached hydrogens (primary N) is 1. The zero-order chi connectivity index (χ0) is 14.1. The zero-order valence-corrected chi connectivity index (χ0v) is 10.3. The lowest BCUT2D eigenvalue weighted by Crippen LogP contribution is -2.16. The molecule has 0 radical (unpaired) electrons. The first-order valence-electron chi connectivity index (χ1n) is 5.93. The fourth-order valence-electron chi connectivity index (χ4n) is 1.91. The van der Waals surface area contributed by atoms with Crippen LogP contribution in [0.5, 0.6) is 11.5 Å². The lowest BCUT2D eigenvalue weighted by molar-refractivity contribution is 0.147. The maximum Gasteiger partial charge on any atom is 0.264 e. The lowest BCUT2D eigenvalue weighted by atomic mass is 10.1. The maximum atomic E-state index is 12.9. The summed E-state index contributed by atoms with van der Waals surface area (Å²) in [6.45, 7) is 0.704. The monoisotopic (exact) mass is 283 g/mol. The van der Waals surface area contributed by atoms with Gasteiger partial charge in [0, 0.05) is 5.56 Å². The highest BCUT2D eigenvalue weighted by Gasteiger charge is 2.24. The quantitative estimate of drug-likeness (QED) is 0.926. The molecule has 0 atom stereocenters. The van der Waals surface area contributed by atoms with E-state index < -0.39 is 6.43 Å². The van der Waals surface area contributed by atoms with Crippen molar-refractivity contribution in [2.24, 2.45) is 5.73 Å². The Balaban J connectivity index is 2.14. The summed E-state index contributed by atoms with van der Waals surface area (Å²) in [5.41, 5.74) is 5.50. The Kier molecular flexibility index (Phi) is 3.23. The Hall–Kier alpha value is -2.22. The number of hydrogen-bond donors (Lipinski definition) is 1. The molecular weight excluding hydrogens is 272 g/mol. The summed E-state index contributed by atoms with van der Waals surface area (Å²) >= 11 is 0. The molecule has 0 amide bonds. The fourth-order valence-corrected chi connectivity index (χ4v) is 1.91. The number of benzene rings is 1. The van der Waals surface area contributed by atoms with Gasteiger partial charge < -0.3 is 19.7 Å². The van der Waals surface area contributed by atoms with Crippen molar-refractivity contribution in [3.05, 3.63) is 23.6 Å². The van der Waals surface area contributed by atoms with E-state index in [2.05, 4.69) is 10.1 Å². The summed E-state index contributed by atoms with van der Waals surface area (Å²) < 4.78 is 41.5. The molecule has 1 aliphatic heterocycles. The highest BCUT2D eigenvalue weighted by molar-refractivity contribution is 5.70. The van der Waals surface area contributed by atoms with E-state index in [0.717, 1.165) is 0 Å². The Bertz CT molecular complexity index is 630. The smallest absolute Gasteiger partial charge is 0.264 e. The van der Waals surface area contributed by atoms with Crippen molar-refractivity contribution in [3.8, 4) is 22.9 Å². The first-order chi connectivity index (χ1) is 9.69. The number of fused-ring (bicyclic) bond motifs is 1. The summed E-state index contributed by atoms with van der Waals surface area (Å²) in [5.74, 6) is 0.954. The molecule has 0 fully saturated rings. The largest absolute Gasteiger partial charge is 0.486 e. The molecule has 8 heteroatoms. The molecule has 1 aliphatic rings. The molecule has 20 heavy (non-hydrogen) atoms. The minimum Gasteiger partial charge on any atom is -0.486 e. The summed E-state index contributed by atoms with van der Waals surface area (Å²) in [5, 5.41) is 3.72. The van der Waals surface area contributed by atoms with E-state index in [1.165, 1.54) is 12.1 Å². The molecular formula is C12H11F2N3O3. The van der Waals surface area contributed by atoms with Crippen LogP contribution in [-0.2, 0) is 6.54 Å². The highest BCUT2D eigenvalue weighted by Crippen LogP contribution is 2.42. The molecule has 0 aliphatic carbocycles. The van der Waals surface area contributed by atoms with Crippen LogP contribution in [0, 0.1) is 0 Å². The van der Waals surface area contributed by atoms with Crippen molar-refractivity contribution in [3.63, 3.8) is 0 Å². The average Bonchev–Trinajstić information content (AvgIpc) is 2.94. The van der Waals surface area contributed by atoms with Crippen LogP contribution in [0.3, 0.4) is 0 Å². The van der Waals surface area contributed by atoms with Crippen LogP contribution in [0.15, 0.2) is 16.7 Å². The SMILES string of the molecule is NCc1nc(-c2cc(C(F)F)cc3c2OCCO3)no1. The van der Waals surface area contributed by atoms with E-state index in [1.54, 1.807) is 0 Å². The van der Waals surface area contributed by atoms with E-state index >= 15 is 0 Å². The molecule has 1 aromatic carbocycles. The molecule has 0 saturated carbocycles. The van der Waals surface area contributed by atoms with E-state index in [1.807, 2.05) is 0 Å². The van der Waals surface area contributed by atoms with Crippen molar-refractivity contribution in [2.45, 2.75) is 13.0 Å². The predicted octanol–water partition coefficient (Wildman–Crippen LogP) is 1.90. The van der Waals surface area contributed by atoms with Crippen LogP contribution in [0.4, 0.5) is 8.78 Å². The number of ether oxygens (including phenoxy) is 2. The van der Waals surface area contributed by atoms with Crippen molar-refractivity contribution < 1.29 is 22.8 Å². The van der Waals surface area contributed by atoms with Crippen LogP contribution in [-0.4, -0.2) is 23.4 Å². The number of rotatable bonds is 3. The summed E-state index contributed by atoms with van der Waals surface area (Å²) in [6, 6.07) is 2.52. The van der Waals surface area contributed by atoms with E-state index in [-0.39, 0.29) is 29.6 Å². The summed E-state index contributed by atoms with van der Waals surface area (Å²) in [4.78, 5) is 4.02. The number of aromatic nitrogens is 2. The van der Waals surface area contributed by atoms with Gasteiger partial charge in [-0.3, -0.25) is 0 Å². The fraction of sp³-hybridized carbons (Fsp3) is 0.333. The molecule has 2 N–H and O–H groups in total. The molecule has 0 unspecified atom stereocenters. The van der Waals surface area contributed by atoms with Crippen LogP contribution >= 0.6 is 0 Å². The van der Waals surface area contributed by atoms with Gasteiger partial charge in [-0.05, 0) is 12.1 Å². The van der Waals surface area contributed by atoms with Crippen LogP contribution in [0.1, 0.15) is 17.9 Å². The van der Waals surface area contributed by atoms with E-state index in [9.17, 15) is 8.78 Å². The molecule has 3 rings (SSSR count). The van der Waals surface area contributed by atoms with Crippen LogP contribution in [0.25, 0.3) is 11.4 Å². The minimum atomic E-state index is -2.63. The standard InChI is InChI=1S/C12H11F2N3O3/c13-11(14)6-3-7(12-16-9(5-15)20-17-12)10-8(4-6)18-1-2-19-10/h3-4,11H,1-2,5,15H2. The van der Waals surface area contributed by atoms with Gasteiger partial charge in [0.15, 0.2) is 11.5 Å². The van der Waals surface area contributed by atoms with Gasteiger partial charge in [0.2, 0.25) is 11.7 Å². The molecule has 0 spiro atoms. The zero-order valence-electron chi connectivity index (χ0n) is 10.3. The Morgan fingerprint density at radius 1 is 1.25 bits per heavy atom. The van der Waals surface area contributed by atoms with Gasteiger partial charge in [-0.1, -0.05) is 5.16 Å². The molecule has 1 aromatic heterocycles. The second-order valence-electron chi connectivity index (χ2n) is 4.11. The Morgan fingerprint density at radius 2 is 2.05 bits per heavy atom. The second kappa shape index (κ2) is 5.04. The van der Waals surface area contributed by atoms with Crippen molar-refractivity contribution >= 4 is 0 Å². The lowest BCUT2D eigenvalue weighted by Gasteiger charge is -2.21. The second-order valence-corrected chi connectivity index (χ2v) is 4.11. The van der Waals surface area contributed by atoms with E-state index in [4.69, 9.17) is 19.7 Å². The first-order valence-corrected chi connectivity index (χ1v) is 5.93. The first kappa shape index (κ1) is 12.8. The summed E-state index contributed by atoms with van der Waals surface area (Å²) in [6.07, 6.45) is -2.63. The number of nitrogens with zero attached hydrogens (tertiary/aromatic N) is 2. The third-order valence-electron chi connectivity index (χ3n) is 2.80. The maximum absolute atomic E-state index is 12.9. The number of halogens is 2. The van der Waals surface area contributed by atoms with Crippen molar-refractivity contribution in [1.82, 2.24) is 10.1 Å². The van der Waals surface area contributed by atoms with Crippen molar-refractivity contribution in [1.29, 1.82) is 0 Å². The Labute approximate surface area is 112 Å². The van der Waals surface area contributed by atoms with Crippen LogP contribution < -0.4 is 15.2 Å². The van der Waals surface area contributed by atoms with Gasteiger partial charge in [0.05, 0.1) is 12.1 Å². The van der Waals surface area contributed by atoms with Gasteiger partial charge in [0.25, 0.3) is 6.43 Å². The predicted molar refractivity (Wildman–Crippen MR) is 63.6 cm³/mol. The molecule has 2 aromatic rings. The van der Waals surface area contributed by atoms with Gasteiger partial charge in [-0.25, -0.2) is 8.78 Å². The molecule has 0 saturated heterocycles. The van der Waals surface area contributed by atoms with Crippen molar-refractivity contribution in [2.75, 3.05) is 13.2 Å².